The van der Waals surface area contributed by atoms with Crippen molar-refractivity contribution in [2.75, 3.05) is 32.6 Å². The van der Waals surface area contributed by atoms with E-state index in [9.17, 15) is 13.2 Å². The van der Waals surface area contributed by atoms with Crippen molar-refractivity contribution < 1.29 is 22.7 Å². The molecule has 24 heavy (non-hydrogen) atoms. The molecule has 128 valence electrons. The van der Waals surface area contributed by atoms with Gasteiger partial charge in [0.1, 0.15) is 13.2 Å². The second-order valence-electron chi connectivity index (χ2n) is 5.25. The van der Waals surface area contributed by atoms with Gasteiger partial charge in [0.05, 0.1) is 9.77 Å². The molecule has 1 aromatic heterocycles. The van der Waals surface area contributed by atoms with Gasteiger partial charge in [-0.1, -0.05) is 0 Å². The second kappa shape index (κ2) is 6.42. The van der Waals surface area contributed by atoms with Crippen molar-refractivity contribution in [3.63, 3.8) is 0 Å². The standard InChI is InChI=1S/C15H16N2O5S2/c1-17(2)24(19,20)11-8-14(23-9-11)15(18)16-10-3-4-12-13(7-10)22-6-5-21-12/h3-4,7-9H,5-6H2,1-2H3,(H,16,18). The Morgan fingerprint density at radius 2 is 1.88 bits per heavy atom. The maximum absolute atomic E-state index is 12.3. The molecule has 1 aliphatic rings. The summed E-state index contributed by atoms with van der Waals surface area (Å²) in [6.45, 7) is 0.956. The highest BCUT2D eigenvalue weighted by Gasteiger charge is 2.21. The summed E-state index contributed by atoms with van der Waals surface area (Å²) in [5.74, 6) is 0.827. The highest BCUT2D eigenvalue weighted by atomic mass is 32.2. The maximum atomic E-state index is 12.3. The number of ether oxygens (including phenoxy) is 2. The van der Waals surface area contributed by atoms with Crippen LogP contribution in [-0.2, 0) is 10.0 Å². The zero-order valence-electron chi connectivity index (χ0n) is 13.1. The zero-order valence-corrected chi connectivity index (χ0v) is 14.7. The van der Waals surface area contributed by atoms with Crippen molar-refractivity contribution in [1.82, 2.24) is 4.31 Å². The predicted octanol–water partition coefficient (Wildman–Crippen LogP) is 2.02. The van der Waals surface area contributed by atoms with Crippen LogP contribution in [0.1, 0.15) is 9.67 Å². The number of benzene rings is 1. The van der Waals surface area contributed by atoms with Crippen molar-refractivity contribution in [3.8, 4) is 11.5 Å². The minimum Gasteiger partial charge on any atom is -0.486 e. The Kier molecular flexibility index (Phi) is 4.48. The van der Waals surface area contributed by atoms with Gasteiger partial charge in [0.15, 0.2) is 11.5 Å². The van der Waals surface area contributed by atoms with E-state index >= 15 is 0 Å². The van der Waals surface area contributed by atoms with E-state index in [1.165, 1.54) is 25.5 Å². The maximum Gasteiger partial charge on any atom is 0.265 e. The monoisotopic (exact) mass is 368 g/mol. The molecule has 7 nitrogen and oxygen atoms in total. The lowest BCUT2D eigenvalue weighted by atomic mass is 10.2. The quantitative estimate of drug-likeness (QED) is 0.892. The fourth-order valence-corrected chi connectivity index (χ4v) is 4.16. The summed E-state index contributed by atoms with van der Waals surface area (Å²) in [6, 6.07) is 6.47. The molecule has 1 N–H and O–H groups in total. The lowest BCUT2D eigenvalue weighted by Crippen LogP contribution is -2.21. The third-order valence-electron chi connectivity index (χ3n) is 3.38. The summed E-state index contributed by atoms with van der Waals surface area (Å²) >= 11 is 1.08. The molecule has 2 heterocycles. The molecule has 0 bridgehead atoms. The average molecular weight is 368 g/mol. The Balaban J connectivity index is 1.77. The highest BCUT2D eigenvalue weighted by molar-refractivity contribution is 7.89. The number of sulfonamides is 1. The van der Waals surface area contributed by atoms with E-state index < -0.39 is 10.0 Å². The fourth-order valence-electron chi connectivity index (χ4n) is 2.10. The molecule has 0 saturated heterocycles. The van der Waals surface area contributed by atoms with E-state index in [1.807, 2.05) is 0 Å². The molecule has 2 aromatic rings. The molecule has 0 saturated carbocycles. The lowest BCUT2D eigenvalue weighted by molar-refractivity contribution is 0.103. The van der Waals surface area contributed by atoms with Gasteiger partial charge in [-0.05, 0) is 18.2 Å². The van der Waals surface area contributed by atoms with Gasteiger partial charge in [0, 0.05) is 31.2 Å². The molecule has 1 aromatic carbocycles. The molecule has 0 spiro atoms. The van der Waals surface area contributed by atoms with E-state index in [4.69, 9.17) is 9.47 Å². The summed E-state index contributed by atoms with van der Waals surface area (Å²) < 4.78 is 36.1. The first-order valence-electron chi connectivity index (χ1n) is 7.10. The second-order valence-corrected chi connectivity index (χ2v) is 8.31. The van der Waals surface area contributed by atoms with Crippen LogP contribution in [0.15, 0.2) is 34.5 Å². The number of hydrogen-bond donors (Lipinski definition) is 1. The van der Waals surface area contributed by atoms with E-state index in [0.29, 0.717) is 35.3 Å². The number of anilines is 1. The number of carbonyl (C=O) groups excluding carboxylic acids is 1. The number of nitrogens with one attached hydrogen (secondary N) is 1. The molecular weight excluding hydrogens is 352 g/mol. The Labute approximate surface area is 143 Å². The first-order chi connectivity index (χ1) is 11.4. The summed E-state index contributed by atoms with van der Waals surface area (Å²) in [6.07, 6.45) is 0. The molecule has 9 heteroatoms. The van der Waals surface area contributed by atoms with Gasteiger partial charge < -0.3 is 14.8 Å². The van der Waals surface area contributed by atoms with Crippen molar-refractivity contribution in [2.24, 2.45) is 0 Å². The Hall–Kier alpha value is -2.10. The topological polar surface area (TPSA) is 84.9 Å². The largest absolute Gasteiger partial charge is 0.486 e. The van der Waals surface area contributed by atoms with Crippen molar-refractivity contribution in [2.45, 2.75) is 4.90 Å². The SMILES string of the molecule is CN(C)S(=O)(=O)c1csc(C(=O)Nc2ccc3c(c2)OCCO3)c1. The summed E-state index contributed by atoms with van der Waals surface area (Å²) in [4.78, 5) is 12.7. The van der Waals surface area contributed by atoms with E-state index in [0.717, 1.165) is 15.6 Å². The minimum atomic E-state index is -3.55. The highest BCUT2D eigenvalue weighted by Crippen LogP contribution is 2.33. The van der Waals surface area contributed by atoms with E-state index in [-0.39, 0.29) is 10.8 Å². The summed E-state index contributed by atoms with van der Waals surface area (Å²) in [5, 5.41) is 4.18. The van der Waals surface area contributed by atoms with Gasteiger partial charge >= 0.3 is 0 Å². The first-order valence-corrected chi connectivity index (χ1v) is 9.42. The van der Waals surface area contributed by atoms with Gasteiger partial charge in [-0.2, -0.15) is 0 Å². The molecule has 0 radical (unpaired) electrons. The van der Waals surface area contributed by atoms with Crippen molar-refractivity contribution in [3.05, 3.63) is 34.5 Å². The van der Waals surface area contributed by atoms with Crippen LogP contribution in [0.2, 0.25) is 0 Å². The number of thiophene rings is 1. The van der Waals surface area contributed by atoms with Crippen LogP contribution in [0.4, 0.5) is 5.69 Å². The Morgan fingerprint density at radius 1 is 1.17 bits per heavy atom. The number of fused-ring (bicyclic) bond motifs is 1. The van der Waals surface area contributed by atoms with Crippen molar-refractivity contribution in [1.29, 1.82) is 0 Å². The molecular formula is C15H16N2O5S2. The minimum absolute atomic E-state index is 0.102. The van der Waals surface area contributed by atoms with Gasteiger partial charge in [-0.25, -0.2) is 12.7 Å². The summed E-state index contributed by atoms with van der Waals surface area (Å²) in [5.41, 5.74) is 0.551. The molecule has 3 rings (SSSR count). The van der Waals surface area contributed by atoms with Gasteiger partial charge in [-0.3, -0.25) is 4.79 Å². The predicted molar refractivity (Wildman–Crippen MR) is 90.6 cm³/mol. The molecule has 0 aliphatic carbocycles. The lowest BCUT2D eigenvalue weighted by Gasteiger charge is -2.18. The van der Waals surface area contributed by atoms with Crippen molar-refractivity contribution >= 4 is 33.0 Å². The van der Waals surface area contributed by atoms with Crippen LogP contribution in [0, 0.1) is 0 Å². The molecule has 1 aliphatic heterocycles. The average Bonchev–Trinajstić information content (AvgIpc) is 3.05. The van der Waals surface area contributed by atoms with Gasteiger partial charge in [0.2, 0.25) is 10.0 Å². The third-order valence-corrected chi connectivity index (χ3v) is 6.25. The normalized spacial score (nSPS) is 13.8. The number of amides is 1. The zero-order chi connectivity index (χ0) is 17.3. The number of rotatable bonds is 4. The van der Waals surface area contributed by atoms with E-state index in [1.54, 1.807) is 18.2 Å². The molecule has 0 fully saturated rings. The number of carbonyl (C=O) groups is 1. The van der Waals surface area contributed by atoms with Gasteiger partial charge in [0.25, 0.3) is 5.91 Å². The smallest absolute Gasteiger partial charge is 0.265 e. The molecule has 1 amide bonds. The molecule has 0 atom stereocenters. The van der Waals surface area contributed by atoms with Crippen LogP contribution in [-0.4, -0.2) is 45.9 Å². The van der Waals surface area contributed by atoms with Crippen LogP contribution < -0.4 is 14.8 Å². The number of hydrogen-bond acceptors (Lipinski definition) is 6. The Morgan fingerprint density at radius 3 is 2.58 bits per heavy atom. The first kappa shape index (κ1) is 16.7. The van der Waals surface area contributed by atoms with Crippen LogP contribution in [0.25, 0.3) is 0 Å². The summed E-state index contributed by atoms with van der Waals surface area (Å²) in [7, 11) is -0.655. The third kappa shape index (κ3) is 3.23. The van der Waals surface area contributed by atoms with Crippen LogP contribution in [0.3, 0.4) is 0 Å². The number of nitrogens with zero attached hydrogens (tertiary/aromatic N) is 1. The van der Waals surface area contributed by atoms with E-state index in [2.05, 4.69) is 5.32 Å². The Bertz CT molecular complexity index is 874. The molecule has 0 unspecified atom stereocenters. The van der Waals surface area contributed by atoms with Gasteiger partial charge in [-0.15, -0.1) is 11.3 Å². The fraction of sp³-hybridized carbons (Fsp3) is 0.267. The van der Waals surface area contributed by atoms with Crippen LogP contribution >= 0.6 is 11.3 Å². The van der Waals surface area contributed by atoms with Crippen LogP contribution in [0.5, 0.6) is 11.5 Å².